The molecule has 0 aliphatic heterocycles. The van der Waals surface area contributed by atoms with Crippen molar-refractivity contribution in [2.75, 3.05) is 0 Å². The van der Waals surface area contributed by atoms with E-state index in [4.69, 9.17) is 0 Å². The first-order valence-electron chi connectivity index (χ1n) is 3.84. The first-order valence-corrected chi connectivity index (χ1v) is 5.42. The number of hydrogen-bond donors (Lipinski definition) is 0. The van der Waals surface area contributed by atoms with Gasteiger partial charge < -0.3 is 0 Å². The van der Waals surface area contributed by atoms with Gasteiger partial charge in [-0.2, -0.15) is 0 Å². The van der Waals surface area contributed by atoms with Crippen LogP contribution in [-0.4, -0.2) is 9.55 Å². The predicted octanol–water partition coefficient (Wildman–Crippen LogP) is 3.54. The van der Waals surface area contributed by atoms with Gasteiger partial charge in [0.2, 0.25) is 0 Å². The van der Waals surface area contributed by atoms with Gasteiger partial charge >= 0.3 is 0 Å². The average Bonchev–Trinajstić information content (AvgIpc) is 2.46. The van der Waals surface area contributed by atoms with Crippen LogP contribution in [0.15, 0.2) is 39.8 Å². The molecule has 5 heteroatoms. The summed E-state index contributed by atoms with van der Waals surface area (Å²) in [5.41, 5.74) is 0.470. The van der Waals surface area contributed by atoms with Crippen LogP contribution in [0.4, 0.5) is 4.39 Å². The molecular weight excluding hydrogens is 315 g/mol. The highest BCUT2D eigenvalue weighted by Crippen LogP contribution is 2.21. The van der Waals surface area contributed by atoms with Crippen LogP contribution in [-0.2, 0) is 0 Å². The van der Waals surface area contributed by atoms with E-state index in [2.05, 4.69) is 36.8 Å². The lowest BCUT2D eigenvalue weighted by atomic mass is 10.3. The molecule has 0 saturated heterocycles. The maximum atomic E-state index is 13.4. The SMILES string of the molecule is Fc1ccccc1-n1cc(Br)nc1Br. The minimum atomic E-state index is -0.280. The van der Waals surface area contributed by atoms with Gasteiger partial charge in [0.1, 0.15) is 10.4 Å². The van der Waals surface area contributed by atoms with Gasteiger partial charge in [-0.3, -0.25) is 4.57 Å². The van der Waals surface area contributed by atoms with Crippen molar-refractivity contribution in [1.82, 2.24) is 9.55 Å². The van der Waals surface area contributed by atoms with Gasteiger partial charge in [0, 0.05) is 6.20 Å². The lowest BCUT2D eigenvalue weighted by Gasteiger charge is -2.03. The summed E-state index contributed by atoms with van der Waals surface area (Å²) in [6, 6.07) is 6.53. The molecule has 1 aromatic heterocycles. The molecule has 0 saturated carbocycles. The van der Waals surface area contributed by atoms with E-state index in [-0.39, 0.29) is 5.82 Å². The van der Waals surface area contributed by atoms with Gasteiger partial charge in [0.25, 0.3) is 0 Å². The third kappa shape index (κ3) is 1.74. The van der Waals surface area contributed by atoms with E-state index in [0.29, 0.717) is 15.0 Å². The van der Waals surface area contributed by atoms with E-state index < -0.39 is 0 Å². The molecule has 0 radical (unpaired) electrons. The Balaban J connectivity index is 2.60. The number of benzene rings is 1. The molecule has 0 unspecified atom stereocenters. The molecule has 0 aliphatic carbocycles. The molecule has 0 aliphatic rings. The minimum absolute atomic E-state index is 0.280. The smallest absolute Gasteiger partial charge is 0.182 e. The zero-order valence-corrected chi connectivity index (χ0v) is 10.1. The van der Waals surface area contributed by atoms with Gasteiger partial charge in [-0.1, -0.05) is 12.1 Å². The first-order chi connectivity index (χ1) is 6.68. The molecule has 14 heavy (non-hydrogen) atoms. The Bertz CT molecular complexity index is 468. The van der Waals surface area contributed by atoms with Crippen LogP contribution >= 0.6 is 31.9 Å². The van der Waals surface area contributed by atoms with Crippen molar-refractivity contribution >= 4 is 31.9 Å². The number of nitrogens with zero attached hydrogens (tertiary/aromatic N) is 2. The average molecular weight is 320 g/mol. The van der Waals surface area contributed by atoms with E-state index >= 15 is 0 Å². The fraction of sp³-hybridized carbons (Fsp3) is 0. The second-order valence-electron chi connectivity index (χ2n) is 2.65. The van der Waals surface area contributed by atoms with Gasteiger partial charge in [-0.25, -0.2) is 9.37 Å². The van der Waals surface area contributed by atoms with Crippen molar-refractivity contribution in [3.05, 3.63) is 45.6 Å². The summed E-state index contributed by atoms with van der Waals surface area (Å²) in [6.07, 6.45) is 1.70. The van der Waals surface area contributed by atoms with E-state index in [1.54, 1.807) is 29.0 Å². The highest BCUT2D eigenvalue weighted by atomic mass is 79.9. The fourth-order valence-corrected chi connectivity index (χ4v) is 2.24. The van der Waals surface area contributed by atoms with E-state index in [1.807, 2.05) is 0 Å². The molecule has 0 bridgehead atoms. The van der Waals surface area contributed by atoms with E-state index in [9.17, 15) is 4.39 Å². The number of halogens is 3. The van der Waals surface area contributed by atoms with Crippen molar-refractivity contribution in [2.45, 2.75) is 0 Å². The van der Waals surface area contributed by atoms with Gasteiger partial charge in [-0.05, 0) is 44.0 Å². The summed E-state index contributed by atoms with van der Waals surface area (Å²) in [5.74, 6) is -0.280. The van der Waals surface area contributed by atoms with Crippen LogP contribution in [0.5, 0.6) is 0 Å². The Morgan fingerprint density at radius 3 is 2.50 bits per heavy atom. The van der Waals surface area contributed by atoms with Crippen molar-refractivity contribution in [3.8, 4) is 5.69 Å². The van der Waals surface area contributed by atoms with Crippen LogP contribution in [0.3, 0.4) is 0 Å². The number of hydrogen-bond acceptors (Lipinski definition) is 1. The third-order valence-corrected chi connectivity index (χ3v) is 2.69. The summed E-state index contributed by atoms with van der Waals surface area (Å²) < 4.78 is 16.2. The van der Waals surface area contributed by atoms with Crippen molar-refractivity contribution in [2.24, 2.45) is 0 Å². The minimum Gasteiger partial charge on any atom is -0.290 e. The van der Waals surface area contributed by atoms with Gasteiger partial charge in [0.05, 0.1) is 5.69 Å². The van der Waals surface area contributed by atoms with E-state index in [1.165, 1.54) is 6.07 Å². The molecule has 2 rings (SSSR count). The van der Waals surface area contributed by atoms with Gasteiger partial charge in [-0.15, -0.1) is 0 Å². The normalized spacial score (nSPS) is 10.5. The highest BCUT2D eigenvalue weighted by Gasteiger charge is 2.08. The molecule has 0 amide bonds. The topological polar surface area (TPSA) is 17.8 Å². The molecule has 0 fully saturated rings. The zero-order valence-electron chi connectivity index (χ0n) is 6.92. The lowest BCUT2D eigenvalue weighted by molar-refractivity contribution is 0.617. The second-order valence-corrected chi connectivity index (χ2v) is 4.18. The maximum absolute atomic E-state index is 13.4. The van der Waals surface area contributed by atoms with Crippen molar-refractivity contribution < 1.29 is 4.39 Å². The number of rotatable bonds is 1. The van der Waals surface area contributed by atoms with Crippen molar-refractivity contribution in [1.29, 1.82) is 0 Å². The summed E-state index contributed by atoms with van der Waals surface area (Å²) in [6.45, 7) is 0. The fourth-order valence-electron chi connectivity index (χ4n) is 1.15. The van der Waals surface area contributed by atoms with Crippen LogP contribution in [0.25, 0.3) is 5.69 Å². The largest absolute Gasteiger partial charge is 0.290 e. The van der Waals surface area contributed by atoms with Gasteiger partial charge in [0.15, 0.2) is 4.73 Å². The lowest BCUT2D eigenvalue weighted by Crippen LogP contribution is -1.95. The Labute approximate surface area is 97.0 Å². The van der Waals surface area contributed by atoms with E-state index in [0.717, 1.165) is 0 Å². The number of para-hydroxylation sites is 1. The summed E-state index contributed by atoms with van der Waals surface area (Å²) >= 11 is 6.46. The maximum Gasteiger partial charge on any atom is 0.182 e. The third-order valence-electron chi connectivity index (χ3n) is 1.75. The van der Waals surface area contributed by atoms with Crippen molar-refractivity contribution in [3.63, 3.8) is 0 Å². The Hall–Kier alpha value is -0.680. The van der Waals surface area contributed by atoms with Crippen LogP contribution in [0.2, 0.25) is 0 Å². The standard InChI is InChI=1S/C9H5Br2FN2/c10-8-5-14(9(11)13-8)7-4-2-1-3-6(7)12/h1-5H. The second kappa shape index (κ2) is 3.82. The molecule has 2 aromatic rings. The zero-order chi connectivity index (χ0) is 10.1. The molecular formula is C9H5Br2FN2. The quantitative estimate of drug-likeness (QED) is 0.786. The summed E-state index contributed by atoms with van der Waals surface area (Å²) in [5, 5.41) is 0. The first kappa shape index (κ1) is 9.86. The Kier molecular flexibility index (Phi) is 2.69. The van der Waals surface area contributed by atoms with Crippen LogP contribution < -0.4 is 0 Å². The number of imidazole rings is 1. The molecule has 0 spiro atoms. The Morgan fingerprint density at radius 1 is 1.21 bits per heavy atom. The summed E-state index contributed by atoms with van der Waals surface area (Å²) in [7, 11) is 0. The summed E-state index contributed by atoms with van der Waals surface area (Å²) in [4.78, 5) is 4.06. The highest BCUT2D eigenvalue weighted by molar-refractivity contribution is 9.11. The molecule has 72 valence electrons. The molecule has 0 atom stereocenters. The van der Waals surface area contributed by atoms with Crippen LogP contribution in [0.1, 0.15) is 0 Å². The number of aromatic nitrogens is 2. The molecule has 2 nitrogen and oxygen atoms in total. The molecule has 1 heterocycles. The molecule has 1 aromatic carbocycles. The Morgan fingerprint density at radius 2 is 1.93 bits per heavy atom. The van der Waals surface area contributed by atoms with Crippen LogP contribution in [0, 0.1) is 5.82 Å². The molecule has 0 N–H and O–H groups in total. The monoisotopic (exact) mass is 318 g/mol. The predicted molar refractivity (Wildman–Crippen MR) is 58.9 cm³/mol.